The fourth-order valence-electron chi connectivity index (χ4n) is 2.56. The van der Waals surface area contributed by atoms with Crippen LogP contribution in [0.5, 0.6) is 5.75 Å². The van der Waals surface area contributed by atoms with Crippen LogP contribution in [0, 0.1) is 5.92 Å². The Balaban J connectivity index is 1.65. The molecule has 1 fully saturated rings. The quantitative estimate of drug-likeness (QED) is 0.669. The molecule has 1 aliphatic rings. The van der Waals surface area contributed by atoms with Crippen molar-refractivity contribution in [3.05, 3.63) is 29.8 Å². The van der Waals surface area contributed by atoms with E-state index >= 15 is 0 Å². The van der Waals surface area contributed by atoms with E-state index in [-0.39, 0.29) is 0 Å². The molecule has 1 unspecified atom stereocenters. The van der Waals surface area contributed by atoms with Gasteiger partial charge in [0.2, 0.25) is 0 Å². The molecule has 118 valence electrons. The van der Waals surface area contributed by atoms with Crippen LogP contribution in [0.4, 0.5) is 0 Å². The fourth-order valence-corrected chi connectivity index (χ4v) is 2.56. The van der Waals surface area contributed by atoms with E-state index in [1.807, 2.05) is 0 Å². The Kier molecular flexibility index (Phi) is 6.52. The molecule has 0 radical (unpaired) electrons. The van der Waals surface area contributed by atoms with Gasteiger partial charge in [0, 0.05) is 19.1 Å². The van der Waals surface area contributed by atoms with Crippen molar-refractivity contribution in [3.8, 4) is 5.75 Å². The molecule has 1 aromatic carbocycles. The smallest absolute Gasteiger partial charge is 0.119 e. The van der Waals surface area contributed by atoms with Gasteiger partial charge < -0.3 is 15.0 Å². The van der Waals surface area contributed by atoms with E-state index in [9.17, 15) is 0 Å². The van der Waals surface area contributed by atoms with Crippen LogP contribution >= 0.6 is 0 Å². The maximum Gasteiger partial charge on any atom is 0.119 e. The molecule has 1 aromatic rings. The molecule has 3 heteroatoms. The van der Waals surface area contributed by atoms with Crippen molar-refractivity contribution in [2.75, 3.05) is 26.7 Å². The first-order valence-electron chi connectivity index (χ1n) is 8.33. The number of ether oxygens (including phenoxy) is 1. The van der Waals surface area contributed by atoms with Crippen LogP contribution in [0.2, 0.25) is 0 Å². The average Bonchev–Trinajstić information content (AvgIpc) is 3.33. The second-order valence-corrected chi connectivity index (χ2v) is 6.23. The number of hydrogen-bond acceptors (Lipinski definition) is 3. The molecule has 21 heavy (non-hydrogen) atoms. The van der Waals surface area contributed by atoms with Gasteiger partial charge in [-0.15, -0.1) is 0 Å². The van der Waals surface area contributed by atoms with Gasteiger partial charge in [-0.25, -0.2) is 0 Å². The monoisotopic (exact) mass is 290 g/mol. The maximum absolute atomic E-state index is 5.85. The third-order valence-electron chi connectivity index (χ3n) is 4.39. The van der Waals surface area contributed by atoms with Gasteiger partial charge in [0.25, 0.3) is 0 Å². The lowest BCUT2D eigenvalue weighted by Gasteiger charge is -2.24. The van der Waals surface area contributed by atoms with Crippen LogP contribution < -0.4 is 10.1 Å². The highest BCUT2D eigenvalue weighted by Gasteiger charge is 2.30. The van der Waals surface area contributed by atoms with E-state index in [2.05, 4.69) is 55.4 Å². The van der Waals surface area contributed by atoms with Crippen LogP contribution in [-0.2, 0) is 6.54 Å². The molecule has 0 spiro atoms. The van der Waals surface area contributed by atoms with Crippen LogP contribution in [0.25, 0.3) is 0 Å². The Labute approximate surface area is 129 Å². The minimum atomic E-state index is 0.695. The zero-order valence-electron chi connectivity index (χ0n) is 13.8. The van der Waals surface area contributed by atoms with Crippen LogP contribution in [0.1, 0.15) is 38.7 Å². The second kappa shape index (κ2) is 8.40. The van der Waals surface area contributed by atoms with Crippen LogP contribution in [0.15, 0.2) is 24.3 Å². The predicted molar refractivity (Wildman–Crippen MR) is 88.8 cm³/mol. The van der Waals surface area contributed by atoms with Crippen molar-refractivity contribution in [3.63, 3.8) is 0 Å². The van der Waals surface area contributed by atoms with Gasteiger partial charge in [0.15, 0.2) is 0 Å². The van der Waals surface area contributed by atoms with Gasteiger partial charge in [0.05, 0.1) is 0 Å². The summed E-state index contributed by atoms with van der Waals surface area (Å²) in [5, 5.41) is 3.41. The summed E-state index contributed by atoms with van der Waals surface area (Å²) in [5.74, 6) is 1.90. The predicted octanol–water partition coefficient (Wildman–Crippen LogP) is 3.30. The lowest BCUT2D eigenvalue weighted by atomic mass is 10.2. The molecule has 0 amide bonds. The summed E-state index contributed by atoms with van der Waals surface area (Å²) in [6.07, 6.45) is 3.98. The molecule has 0 aliphatic heterocycles. The number of likely N-dealkylation sites (N-methyl/N-ethyl adjacent to an activating group) is 1. The molecule has 0 saturated heterocycles. The molecule has 0 bridgehead atoms. The zero-order valence-corrected chi connectivity index (χ0v) is 13.8. The van der Waals surface area contributed by atoms with E-state index in [1.165, 1.54) is 24.8 Å². The molecule has 2 rings (SSSR count). The molecule has 1 aliphatic carbocycles. The number of nitrogens with one attached hydrogen (secondary N) is 1. The van der Waals surface area contributed by atoms with Crippen molar-refractivity contribution in [2.24, 2.45) is 5.92 Å². The molecule has 1 N–H and O–H groups in total. The minimum Gasteiger partial charge on any atom is -0.492 e. The summed E-state index contributed by atoms with van der Waals surface area (Å²) in [7, 11) is 2.20. The van der Waals surface area contributed by atoms with Gasteiger partial charge in [-0.1, -0.05) is 19.1 Å². The zero-order chi connectivity index (χ0) is 15.1. The second-order valence-electron chi connectivity index (χ2n) is 6.23. The maximum atomic E-state index is 5.85. The molecular formula is C18H30N2O. The summed E-state index contributed by atoms with van der Waals surface area (Å²) in [6.45, 7) is 8.29. The summed E-state index contributed by atoms with van der Waals surface area (Å²) in [4.78, 5) is 2.42. The Morgan fingerprint density at radius 1 is 1.29 bits per heavy atom. The number of nitrogens with zero attached hydrogens (tertiary/aromatic N) is 1. The average molecular weight is 290 g/mol. The lowest BCUT2D eigenvalue weighted by molar-refractivity contribution is 0.186. The fraction of sp³-hybridized carbons (Fsp3) is 0.667. The Morgan fingerprint density at radius 2 is 2.00 bits per heavy atom. The van der Waals surface area contributed by atoms with Gasteiger partial charge in [-0.2, -0.15) is 0 Å². The van der Waals surface area contributed by atoms with Crippen LogP contribution in [-0.4, -0.2) is 37.7 Å². The van der Waals surface area contributed by atoms with E-state index in [1.54, 1.807) is 0 Å². The first-order valence-corrected chi connectivity index (χ1v) is 8.33. The summed E-state index contributed by atoms with van der Waals surface area (Å²) in [6, 6.07) is 9.14. The number of rotatable bonds is 10. The first kappa shape index (κ1) is 16.3. The van der Waals surface area contributed by atoms with Gasteiger partial charge in [-0.3, -0.25) is 0 Å². The molecule has 0 heterocycles. The van der Waals surface area contributed by atoms with E-state index < -0.39 is 0 Å². The highest BCUT2D eigenvalue weighted by molar-refractivity contribution is 5.27. The van der Waals surface area contributed by atoms with Crippen molar-refractivity contribution in [1.29, 1.82) is 0 Å². The van der Waals surface area contributed by atoms with E-state index in [4.69, 9.17) is 4.74 Å². The summed E-state index contributed by atoms with van der Waals surface area (Å²) < 4.78 is 5.85. The van der Waals surface area contributed by atoms with Crippen molar-refractivity contribution in [2.45, 2.75) is 45.7 Å². The normalized spacial score (nSPS) is 16.2. The minimum absolute atomic E-state index is 0.695. The number of benzene rings is 1. The SMILES string of the molecule is CCCNCc1ccc(OCCN(C)C(C)C2CC2)cc1. The van der Waals surface area contributed by atoms with Crippen molar-refractivity contribution < 1.29 is 4.74 Å². The number of hydrogen-bond donors (Lipinski definition) is 1. The Bertz CT molecular complexity index is 400. The van der Waals surface area contributed by atoms with Crippen LogP contribution in [0.3, 0.4) is 0 Å². The van der Waals surface area contributed by atoms with E-state index in [0.717, 1.165) is 37.9 Å². The van der Waals surface area contributed by atoms with Gasteiger partial charge in [0.1, 0.15) is 12.4 Å². The van der Waals surface area contributed by atoms with Crippen molar-refractivity contribution >= 4 is 0 Å². The standard InChI is InChI=1S/C18H30N2O/c1-4-11-19-14-16-5-9-18(10-6-16)21-13-12-20(3)15(2)17-7-8-17/h5-6,9-10,15,17,19H,4,7-8,11-14H2,1-3H3. The first-order chi connectivity index (χ1) is 10.2. The largest absolute Gasteiger partial charge is 0.492 e. The topological polar surface area (TPSA) is 24.5 Å². The third kappa shape index (κ3) is 5.68. The summed E-state index contributed by atoms with van der Waals surface area (Å²) in [5.41, 5.74) is 1.32. The Morgan fingerprint density at radius 3 is 2.62 bits per heavy atom. The van der Waals surface area contributed by atoms with Crippen molar-refractivity contribution in [1.82, 2.24) is 10.2 Å². The third-order valence-corrected chi connectivity index (χ3v) is 4.39. The molecule has 3 nitrogen and oxygen atoms in total. The van der Waals surface area contributed by atoms with E-state index in [0.29, 0.717) is 6.04 Å². The van der Waals surface area contributed by atoms with Gasteiger partial charge in [-0.05, 0) is 63.4 Å². The van der Waals surface area contributed by atoms with Gasteiger partial charge >= 0.3 is 0 Å². The summed E-state index contributed by atoms with van der Waals surface area (Å²) >= 11 is 0. The molecule has 1 atom stereocenters. The lowest BCUT2D eigenvalue weighted by Crippen LogP contribution is -2.34. The molecule has 1 saturated carbocycles. The highest BCUT2D eigenvalue weighted by Crippen LogP contribution is 2.34. The Hall–Kier alpha value is -1.06. The molecule has 0 aromatic heterocycles. The highest BCUT2D eigenvalue weighted by atomic mass is 16.5. The molecular weight excluding hydrogens is 260 g/mol.